The average Bonchev–Trinajstić information content (AvgIpc) is 3.80. The number of amides is 2. The molecule has 1 fully saturated rings. The molecule has 356 valence electrons. The Balaban J connectivity index is 0.880. The highest BCUT2D eigenvalue weighted by Gasteiger charge is 2.38. The number of fused-ring (bicyclic) bond motifs is 2. The van der Waals surface area contributed by atoms with Crippen LogP contribution in [-0.2, 0) is 53.1 Å². The fourth-order valence-corrected chi connectivity index (χ4v) is 9.57. The first-order valence-corrected chi connectivity index (χ1v) is 23.7. The van der Waals surface area contributed by atoms with Crippen LogP contribution in [0.3, 0.4) is 0 Å². The fraction of sp³-hybridized carbons (Fsp3) is 0.111. The van der Waals surface area contributed by atoms with Gasteiger partial charge in [-0.25, -0.2) is 22.6 Å². The van der Waals surface area contributed by atoms with Gasteiger partial charge >= 0.3 is 15.9 Å². The Morgan fingerprint density at radius 1 is 0.704 bits per heavy atom. The van der Waals surface area contributed by atoms with E-state index in [0.29, 0.717) is 32.2 Å². The van der Waals surface area contributed by atoms with Gasteiger partial charge in [-0.2, -0.15) is 13.4 Å². The van der Waals surface area contributed by atoms with E-state index < -0.39 is 51.6 Å². The summed E-state index contributed by atoms with van der Waals surface area (Å²) in [4.78, 5) is 44.2. The van der Waals surface area contributed by atoms with Crippen LogP contribution in [0.25, 0.3) is 38.6 Å². The number of aromatic nitrogens is 3. The number of nitrogens with one attached hydrogen (secondary N) is 2. The molecule has 0 aliphatic carbocycles. The Morgan fingerprint density at radius 2 is 1.34 bits per heavy atom. The van der Waals surface area contributed by atoms with Crippen molar-refractivity contribution in [3.8, 4) is 34.3 Å². The Morgan fingerprint density at radius 3 is 1.97 bits per heavy atom. The van der Waals surface area contributed by atoms with Crippen molar-refractivity contribution in [1.29, 1.82) is 0 Å². The van der Waals surface area contributed by atoms with Gasteiger partial charge in [0.15, 0.2) is 11.6 Å². The lowest BCUT2D eigenvalue weighted by atomic mass is 10.0. The van der Waals surface area contributed by atoms with E-state index in [0.717, 1.165) is 16.7 Å². The molecule has 17 heteroatoms. The second kappa shape index (κ2) is 19.3. The highest BCUT2D eigenvalue weighted by Crippen LogP contribution is 2.41. The van der Waals surface area contributed by atoms with Crippen LogP contribution in [0, 0.1) is 11.6 Å². The van der Waals surface area contributed by atoms with Crippen LogP contribution in [0.2, 0.25) is 0 Å². The van der Waals surface area contributed by atoms with E-state index in [1.807, 2.05) is 71.5 Å². The number of pyridine rings is 1. The lowest BCUT2D eigenvalue weighted by Crippen LogP contribution is -2.30. The molecule has 2 amide bonds. The number of hydrogen-bond acceptors (Lipinski definition) is 9. The summed E-state index contributed by atoms with van der Waals surface area (Å²) in [5.41, 5.74) is 3.94. The molecule has 14 nitrogen and oxygen atoms in total. The van der Waals surface area contributed by atoms with E-state index in [4.69, 9.17) is 14.2 Å². The predicted molar refractivity (Wildman–Crippen MR) is 265 cm³/mol. The number of nitrogens with zero attached hydrogens (tertiary/aromatic N) is 4. The minimum atomic E-state index is -4.38. The van der Waals surface area contributed by atoms with Crippen LogP contribution in [0.1, 0.15) is 22.3 Å². The highest BCUT2D eigenvalue weighted by atomic mass is 32.2. The lowest BCUT2D eigenvalue weighted by molar-refractivity contribution is -0.117. The third-order valence-corrected chi connectivity index (χ3v) is 13.3. The number of hydrogen-bond donors (Lipinski definition) is 2. The molecule has 10 rings (SSSR count). The molecular formula is C54H42F2N6O8S. The summed E-state index contributed by atoms with van der Waals surface area (Å²) in [5, 5.41) is 3.16. The SMILES string of the molecule is Cn1c(=O)n(-c2ccc(OCc3ccccc3)nc2OCc2ccccc2)c2ccc(-c3ccc(CC(=O)Nc4ccc5c(F)c(N6CC(=O)NS6(=O)=O)c(OCc6ccccc6)cc5c4)cc3)c(F)c21. The van der Waals surface area contributed by atoms with Crippen molar-refractivity contribution < 1.29 is 41.0 Å². The predicted octanol–water partition coefficient (Wildman–Crippen LogP) is 8.92. The van der Waals surface area contributed by atoms with Gasteiger partial charge in [-0.1, -0.05) is 115 Å². The van der Waals surface area contributed by atoms with Crippen LogP contribution in [0.5, 0.6) is 17.5 Å². The van der Waals surface area contributed by atoms with E-state index in [-0.39, 0.29) is 65.7 Å². The smallest absolute Gasteiger partial charge is 0.333 e. The first-order chi connectivity index (χ1) is 34.4. The number of carbonyl (C=O) groups excluding carboxylic acids is 2. The van der Waals surface area contributed by atoms with Gasteiger partial charge in [0.1, 0.15) is 49.0 Å². The van der Waals surface area contributed by atoms with Gasteiger partial charge in [0.2, 0.25) is 17.7 Å². The Kier molecular flexibility index (Phi) is 12.5. The van der Waals surface area contributed by atoms with E-state index in [1.54, 1.807) is 72.8 Å². The Bertz CT molecular complexity index is 3670. The average molecular weight is 973 g/mol. The lowest BCUT2D eigenvalue weighted by Gasteiger charge is -2.21. The zero-order chi connectivity index (χ0) is 49.2. The van der Waals surface area contributed by atoms with Crippen molar-refractivity contribution in [2.75, 3.05) is 16.2 Å². The zero-order valence-electron chi connectivity index (χ0n) is 37.8. The summed E-state index contributed by atoms with van der Waals surface area (Å²) in [6.07, 6.45) is -0.0669. The topological polar surface area (TPSA) is 163 Å². The fourth-order valence-electron chi connectivity index (χ4n) is 8.41. The van der Waals surface area contributed by atoms with Crippen LogP contribution < -0.4 is 34.2 Å². The minimum absolute atomic E-state index is 0.0238. The minimum Gasteiger partial charge on any atom is -0.487 e. The second-order valence-corrected chi connectivity index (χ2v) is 18.3. The van der Waals surface area contributed by atoms with Crippen molar-refractivity contribution in [1.82, 2.24) is 18.8 Å². The van der Waals surface area contributed by atoms with E-state index in [2.05, 4.69) is 10.3 Å². The monoisotopic (exact) mass is 972 g/mol. The van der Waals surface area contributed by atoms with Crippen LogP contribution >= 0.6 is 0 Å². The molecule has 0 unspecified atom stereocenters. The van der Waals surface area contributed by atoms with Crippen molar-refractivity contribution in [2.24, 2.45) is 7.05 Å². The highest BCUT2D eigenvalue weighted by molar-refractivity contribution is 7.92. The molecule has 0 atom stereocenters. The van der Waals surface area contributed by atoms with Crippen molar-refractivity contribution in [2.45, 2.75) is 26.2 Å². The number of carbonyl (C=O) groups is 2. The van der Waals surface area contributed by atoms with E-state index in [9.17, 15) is 22.8 Å². The maximum Gasteiger partial charge on any atom is 0.333 e. The molecule has 0 saturated carbocycles. The Hall–Kier alpha value is -8.83. The first kappa shape index (κ1) is 45.9. The third kappa shape index (κ3) is 9.50. The molecule has 0 spiro atoms. The van der Waals surface area contributed by atoms with E-state index >= 15 is 8.78 Å². The molecule has 0 radical (unpaired) electrons. The molecule has 2 N–H and O–H groups in total. The second-order valence-electron chi connectivity index (χ2n) is 16.7. The molecule has 2 aromatic heterocycles. The largest absolute Gasteiger partial charge is 0.487 e. The van der Waals surface area contributed by atoms with Gasteiger partial charge in [0.25, 0.3) is 5.91 Å². The summed E-state index contributed by atoms with van der Waals surface area (Å²) in [7, 11) is -2.89. The summed E-state index contributed by atoms with van der Waals surface area (Å²) in [5.74, 6) is -2.50. The zero-order valence-corrected chi connectivity index (χ0v) is 38.7. The molecule has 1 saturated heterocycles. The molecule has 7 aromatic carbocycles. The molecule has 1 aliphatic rings. The van der Waals surface area contributed by atoms with Gasteiger partial charge in [0, 0.05) is 29.8 Å². The standard InChI is InChI=1S/C54H42F2N6O8S/c1-60-51-43(62(54(60)65)44-25-26-48(69-32-36-13-7-3-8-14-36)58-53(44)70-33-37-15-9-4-10-16-37)24-23-41(49(51)55)38-19-17-34(18-20-38)27-46(63)57-40-21-22-42-39(28-40)29-45(68-31-35-11-5-2-6-12-35)52(50(42)56)61-30-47(64)59-71(61,66)67/h2-26,28-29H,27,30-33H2,1H3,(H,57,63)(H,59,64). The molecule has 3 heterocycles. The van der Waals surface area contributed by atoms with Gasteiger partial charge in [0.05, 0.1) is 11.9 Å². The number of aryl methyl sites for hydroxylation is 1. The molecule has 0 bridgehead atoms. The molecule has 9 aromatic rings. The van der Waals surface area contributed by atoms with Gasteiger partial charge in [-0.05, 0) is 75.7 Å². The van der Waals surface area contributed by atoms with Crippen LogP contribution in [0.4, 0.5) is 20.2 Å². The maximum absolute atomic E-state index is 16.7. The van der Waals surface area contributed by atoms with Crippen molar-refractivity contribution in [3.05, 3.63) is 208 Å². The number of imidazole rings is 1. The van der Waals surface area contributed by atoms with Crippen molar-refractivity contribution >= 4 is 55.2 Å². The van der Waals surface area contributed by atoms with E-state index in [1.165, 1.54) is 40.4 Å². The number of halogens is 2. The summed E-state index contributed by atoms with van der Waals surface area (Å²) in [6.45, 7) is -0.246. The normalized spacial score (nSPS) is 13.1. The first-order valence-electron chi connectivity index (χ1n) is 22.3. The third-order valence-electron chi connectivity index (χ3n) is 11.9. The summed E-state index contributed by atoms with van der Waals surface area (Å²) in [6, 6.07) is 47.3. The Labute approximate surface area is 405 Å². The number of rotatable bonds is 15. The molecule has 1 aliphatic heterocycles. The van der Waals surface area contributed by atoms with Gasteiger partial charge < -0.3 is 19.5 Å². The number of anilines is 2. The van der Waals surface area contributed by atoms with Crippen molar-refractivity contribution in [3.63, 3.8) is 0 Å². The quantitative estimate of drug-likeness (QED) is 0.102. The summed E-state index contributed by atoms with van der Waals surface area (Å²) >= 11 is 0. The number of benzene rings is 7. The summed E-state index contributed by atoms with van der Waals surface area (Å²) < 4.78 is 82.0. The van der Waals surface area contributed by atoms with Crippen LogP contribution in [-0.4, -0.2) is 40.9 Å². The number of ether oxygens (including phenoxy) is 3. The van der Waals surface area contributed by atoms with Gasteiger partial charge in [-0.3, -0.25) is 18.7 Å². The molecule has 71 heavy (non-hydrogen) atoms. The van der Waals surface area contributed by atoms with Crippen LogP contribution in [0.15, 0.2) is 169 Å². The molecular weight excluding hydrogens is 931 g/mol. The van der Waals surface area contributed by atoms with Gasteiger partial charge in [-0.15, -0.1) is 0 Å². The maximum atomic E-state index is 16.7.